The normalized spacial score (nSPS) is 12.3. The van der Waals surface area contributed by atoms with Gasteiger partial charge in [0.15, 0.2) is 5.65 Å². The SMILES string of the molecule is CC(c1oc(=O)c2ccccc2c1-c1cccc(/C=C/CCCCN(C)C)c1)n1nc(-c2cc(F)cc(OCc3ccccc3)c2)c2c(N)ncnc21. The molecule has 53 heavy (non-hydrogen) atoms. The Labute approximate surface area is 307 Å². The van der Waals surface area contributed by atoms with Gasteiger partial charge in [0.1, 0.15) is 47.8 Å². The first-order chi connectivity index (χ1) is 25.8. The average molecular weight is 709 g/mol. The number of ether oxygens (including phenoxy) is 1. The van der Waals surface area contributed by atoms with Crippen molar-refractivity contribution in [1.82, 2.24) is 24.6 Å². The smallest absolute Gasteiger partial charge is 0.343 e. The van der Waals surface area contributed by atoms with Crippen LogP contribution in [0.4, 0.5) is 10.2 Å². The van der Waals surface area contributed by atoms with Crippen molar-refractivity contribution in [2.45, 2.75) is 38.8 Å². The van der Waals surface area contributed by atoms with Crippen LogP contribution in [-0.2, 0) is 6.61 Å². The molecule has 1 atom stereocenters. The minimum atomic E-state index is -0.647. The van der Waals surface area contributed by atoms with Crippen molar-refractivity contribution in [3.05, 3.63) is 143 Å². The number of hydrogen-bond donors (Lipinski definition) is 1. The highest BCUT2D eigenvalue weighted by atomic mass is 19.1. The fourth-order valence-corrected chi connectivity index (χ4v) is 6.62. The summed E-state index contributed by atoms with van der Waals surface area (Å²) in [6.45, 7) is 3.22. The fourth-order valence-electron chi connectivity index (χ4n) is 6.62. The van der Waals surface area contributed by atoms with E-state index in [-0.39, 0.29) is 12.4 Å². The molecule has 1 unspecified atom stereocenters. The van der Waals surface area contributed by atoms with E-state index >= 15 is 4.39 Å². The zero-order valence-corrected chi connectivity index (χ0v) is 30.0. The van der Waals surface area contributed by atoms with Crippen molar-refractivity contribution in [2.24, 2.45) is 0 Å². The molecular weight excluding hydrogens is 668 g/mol. The summed E-state index contributed by atoms with van der Waals surface area (Å²) < 4.78 is 29.0. The van der Waals surface area contributed by atoms with Gasteiger partial charge in [0.2, 0.25) is 0 Å². The van der Waals surface area contributed by atoms with Crippen LogP contribution in [-0.4, -0.2) is 45.3 Å². The second-order valence-electron chi connectivity index (χ2n) is 13.4. The predicted molar refractivity (Wildman–Crippen MR) is 209 cm³/mol. The molecule has 3 heterocycles. The third-order valence-corrected chi connectivity index (χ3v) is 9.23. The molecule has 0 aliphatic carbocycles. The van der Waals surface area contributed by atoms with Gasteiger partial charge in [-0.25, -0.2) is 23.8 Å². The molecule has 4 aromatic carbocycles. The van der Waals surface area contributed by atoms with E-state index in [0.717, 1.165) is 53.4 Å². The van der Waals surface area contributed by atoms with Gasteiger partial charge in [-0.2, -0.15) is 5.10 Å². The molecule has 9 nitrogen and oxygen atoms in total. The quantitative estimate of drug-likeness (QED) is 0.118. The first-order valence-corrected chi connectivity index (χ1v) is 17.7. The Morgan fingerprint density at radius 3 is 2.53 bits per heavy atom. The minimum Gasteiger partial charge on any atom is -0.489 e. The van der Waals surface area contributed by atoms with Crippen LogP contribution in [0.1, 0.15) is 49.1 Å². The van der Waals surface area contributed by atoms with Crippen LogP contribution in [0, 0.1) is 5.82 Å². The highest BCUT2D eigenvalue weighted by Crippen LogP contribution is 2.39. The van der Waals surface area contributed by atoms with Crippen LogP contribution in [0.25, 0.3) is 50.3 Å². The van der Waals surface area contributed by atoms with Crippen molar-refractivity contribution in [2.75, 3.05) is 26.4 Å². The number of rotatable bonds is 13. The standard InChI is InChI=1S/C43H41FN6O3/c1-28(40-37(35-19-10-11-20-36(35)43(51)53-40)31-18-13-17-29(22-31)14-7-4-5-12-21-49(2)3)50-42-38(41(45)46-27-47-42)39(48-50)32-23-33(44)25-34(24-32)52-26-30-15-8-6-9-16-30/h6-11,13-20,22-25,27-28H,4-5,12,21,26H2,1-3H3,(H2,45,46,47)/b14-7+. The number of benzene rings is 4. The van der Waals surface area contributed by atoms with Gasteiger partial charge in [-0.05, 0) is 87.8 Å². The molecule has 0 aliphatic heterocycles. The molecule has 0 bridgehead atoms. The molecule has 3 aromatic heterocycles. The number of nitrogen functional groups attached to an aromatic ring is 1. The maximum atomic E-state index is 15.2. The van der Waals surface area contributed by atoms with E-state index in [0.29, 0.717) is 39.2 Å². The van der Waals surface area contributed by atoms with Gasteiger partial charge >= 0.3 is 5.63 Å². The van der Waals surface area contributed by atoms with Crippen molar-refractivity contribution in [3.8, 4) is 28.1 Å². The highest BCUT2D eigenvalue weighted by Gasteiger charge is 2.27. The van der Waals surface area contributed by atoms with Gasteiger partial charge in [0, 0.05) is 22.6 Å². The Kier molecular flexibility index (Phi) is 10.4. The molecule has 7 aromatic rings. The summed E-state index contributed by atoms with van der Waals surface area (Å²) in [6, 6.07) is 29.1. The van der Waals surface area contributed by atoms with Crippen LogP contribution in [0.15, 0.2) is 119 Å². The van der Waals surface area contributed by atoms with Crippen LogP contribution >= 0.6 is 0 Å². The number of nitrogens with zero attached hydrogens (tertiary/aromatic N) is 5. The zero-order valence-electron chi connectivity index (χ0n) is 30.0. The monoisotopic (exact) mass is 708 g/mol. The first kappa shape index (κ1) is 35.3. The number of halogens is 1. The second kappa shape index (κ2) is 15.6. The lowest BCUT2D eigenvalue weighted by atomic mass is 9.94. The lowest BCUT2D eigenvalue weighted by Gasteiger charge is -2.18. The zero-order chi connectivity index (χ0) is 36.9. The summed E-state index contributed by atoms with van der Waals surface area (Å²) in [5.41, 5.74) is 10.9. The van der Waals surface area contributed by atoms with E-state index in [1.807, 2.05) is 67.6 Å². The molecule has 0 fully saturated rings. The van der Waals surface area contributed by atoms with Gasteiger partial charge < -0.3 is 19.8 Å². The lowest BCUT2D eigenvalue weighted by Crippen LogP contribution is -2.14. The second-order valence-corrected chi connectivity index (χ2v) is 13.4. The Morgan fingerprint density at radius 1 is 0.925 bits per heavy atom. The van der Waals surface area contributed by atoms with Crippen LogP contribution < -0.4 is 16.1 Å². The Morgan fingerprint density at radius 2 is 1.72 bits per heavy atom. The minimum absolute atomic E-state index is 0.181. The summed E-state index contributed by atoms with van der Waals surface area (Å²) in [5, 5.41) is 6.65. The third-order valence-electron chi connectivity index (χ3n) is 9.23. The Hall–Kier alpha value is -6.13. The number of nitrogens with two attached hydrogens (primary N) is 1. The number of unbranched alkanes of at least 4 members (excludes halogenated alkanes) is 2. The van der Waals surface area contributed by atoms with E-state index < -0.39 is 17.5 Å². The number of allylic oxidation sites excluding steroid dienone is 1. The first-order valence-electron chi connectivity index (χ1n) is 17.7. The van der Waals surface area contributed by atoms with E-state index in [4.69, 9.17) is 20.0 Å². The topological polar surface area (TPSA) is 112 Å². The van der Waals surface area contributed by atoms with E-state index in [1.54, 1.807) is 16.8 Å². The molecular formula is C43H41FN6O3. The maximum Gasteiger partial charge on any atom is 0.343 e. The van der Waals surface area contributed by atoms with Crippen molar-refractivity contribution >= 4 is 33.7 Å². The average Bonchev–Trinajstić information content (AvgIpc) is 3.56. The van der Waals surface area contributed by atoms with Crippen molar-refractivity contribution in [3.63, 3.8) is 0 Å². The molecule has 0 amide bonds. The number of hydrogen-bond acceptors (Lipinski definition) is 8. The lowest BCUT2D eigenvalue weighted by molar-refractivity contribution is 0.305. The molecule has 0 spiro atoms. The van der Waals surface area contributed by atoms with Crippen molar-refractivity contribution < 1.29 is 13.5 Å². The summed E-state index contributed by atoms with van der Waals surface area (Å²) >= 11 is 0. The van der Waals surface area contributed by atoms with Gasteiger partial charge in [-0.1, -0.05) is 78.9 Å². The number of aromatic nitrogens is 4. The molecule has 0 saturated carbocycles. The molecule has 7 rings (SSSR count). The van der Waals surface area contributed by atoms with Gasteiger partial charge in [-0.3, -0.25) is 0 Å². The number of fused-ring (bicyclic) bond motifs is 2. The molecule has 2 N–H and O–H groups in total. The summed E-state index contributed by atoms with van der Waals surface area (Å²) in [4.78, 5) is 24.5. The van der Waals surface area contributed by atoms with Crippen LogP contribution in [0.2, 0.25) is 0 Å². The Balaban J connectivity index is 1.30. The van der Waals surface area contributed by atoms with Gasteiger partial charge in [0.05, 0.1) is 10.8 Å². The molecule has 0 saturated heterocycles. The van der Waals surface area contributed by atoms with E-state index in [2.05, 4.69) is 53.2 Å². The van der Waals surface area contributed by atoms with E-state index in [9.17, 15) is 4.79 Å². The fraction of sp³-hybridized carbons (Fsp3) is 0.209. The highest BCUT2D eigenvalue weighted by molar-refractivity contribution is 5.99. The van der Waals surface area contributed by atoms with Gasteiger partial charge in [-0.15, -0.1) is 0 Å². The number of anilines is 1. The van der Waals surface area contributed by atoms with Crippen molar-refractivity contribution in [1.29, 1.82) is 0 Å². The van der Waals surface area contributed by atoms with Crippen LogP contribution in [0.3, 0.4) is 0 Å². The van der Waals surface area contributed by atoms with Crippen LogP contribution in [0.5, 0.6) is 5.75 Å². The summed E-state index contributed by atoms with van der Waals surface area (Å²) in [7, 11) is 4.18. The molecule has 10 heteroatoms. The third kappa shape index (κ3) is 7.73. The van der Waals surface area contributed by atoms with Gasteiger partial charge in [0.25, 0.3) is 0 Å². The molecule has 0 radical (unpaired) electrons. The maximum absolute atomic E-state index is 15.2. The summed E-state index contributed by atoms with van der Waals surface area (Å²) in [5.74, 6) is 0.418. The predicted octanol–water partition coefficient (Wildman–Crippen LogP) is 8.92. The molecule has 0 aliphatic rings. The van der Waals surface area contributed by atoms with E-state index in [1.165, 1.54) is 18.5 Å². The largest absolute Gasteiger partial charge is 0.489 e. The molecule has 268 valence electrons. The summed E-state index contributed by atoms with van der Waals surface area (Å²) in [6.07, 6.45) is 8.92. The Bertz CT molecular complexity index is 2470.